The molecule has 0 bridgehead atoms. The van der Waals surface area contributed by atoms with Gasteiger partial charge >= 0.3 is 0 Å². The molecule has 4 nitrogen and oxygen atoms in total. The van der Waals surface area contributed by atoms with Gasteiger partial charge in [-0.2, -0.15) is 0 Å². The number of nitrogens with zero attached hydrogens (tertiary/aromatic N) is 3. The predicted octanol–water partition coefficient (Wildman–Crippen LogP) is 2.80. The monoisotopic (exact) mass is 271 g/mol. The lowest BCUT2D eigenvalue weighted by Crippen LogP contribution is -2.01. The number of aromatic nitrogens is 3. The van der Waals surface area contributed by atoms with Crippen LogP contribution >= 0.6 is 11.3 Å². The summed E-state index contributed by atoms with van der Waals surface area (Å²) in [5, 5.41) is 19.7. The van der Waals surface area contributed by atoms with E-state index >= 15 is 0 Å². The van der Waals surface area contributed by atoms with Crippen molar-refractivity contribution < 1.29 is 5.11 Å². The number of para-hydroxylation sites is 1. The van der Waals surface area contributed by atoms with Crippen molar-refractivity contribution in [2.75, 3.05) is 0 Å². The van der Waals surface area contributed by atoms with Gasteiger partial charge in [0, 0.05) is 0 Å². The van der Waals surface area contributed by atoms with Crippen LogP contribution in [0.15, 0.2) is 41.8 Å². The van der Waals surface area contributed by atoms with E-state index in [1.165, 1.54) is 0 Å². The summed E-state index contributed by atoms with van der Waals surface area (Å²) in [5.41, 5.74) is 3.57. The first kappa shape index (κ1) is 12.1. The zero-order valence-electron chi connectivity index (χ0n) is 10.4. The zero-order chi connectivity index (χ0) is 13.2. The van der Waals surface area contributed by atoms with E-state index in [1.807, 2.05) is 48.7 Å². The van der Waals surface area contributed by atoms with Crippen molar-refractivity contribution in [3.05, 3.63) is 53.0 Å². The molecule has 0 aliphatic rings. The lowest BCUT2D eigenvalue weighted by Gasteiger charge is -2.08. The summed E-state index contributed by atoms with van der Waals surface area (Å²) in [5.74, 6) is 0. The Morgan fingerprint density at radius 1 is 1.21 bits per heavy atom. The number of benzene rings is 1. The van der Waals surface area contributed by atoms with Crippen LogP contribution < -0.4 is 0 Å². The van der Waals surface area contributed by atoms with Crippen LogP contribution in [0.3, 0.4) is 0 Å². The van der Waals surface area contributed by atoms with Crippen LogP contribution in [0.25, 0.3) is 16.3 Å². The fourth-order valence-electron chi connectivity index (χ4n) is 2.05. The molecule has 1 N–H and O–H groups in total. The van der Waals surface area contributed by atoms with E-state index in [4.69, 9.17) is 0 Å². The van der Waals surface area contributed by atoms with Gasteiger partial charge in [0.25, 0.3) is 0 Å². The summed E-state index contributed by atoms with van der Waals surface area (Å²) in [7, 11) is 0. The SMILES string of the molecule is Cc1ccccc1-n1nnc(CO)c1-c1cccs1. The minimum absolute atomic E-state index is 0.112. The maximum atomic E-state index is 9.44. The van der Waals surface area contributed by atoms with Crippen LogP contribution in [0.1, 0.15) is 11.3 Å². The van der Waals surface area contributed by atoms with Gasteiger partial charge in [0.2, 0.25) is 0 Å². The van der Waals surface area contributed by atoms with E-state index in [1.54, 1.807) is 16.0 Å². The zero-order valence-corrected chi connectivity index (χ0v) is 11.3. The number of hydrogen-bond acceptors (Lipinski definition) is 4. The molecular formula is C14H13N3OS. The van der Waals surface area contributed by atoms with Crippen molar-refractivity contribution >= 4 is 11.3 Å². The number of aryl methyl sites for hydroxylation is 1. The summed E-state index contributed by atoms with van der Waals surface area (Å²) in [6, 6.07) is 12.0. The van der Waals surface area contributed by atoms with Crippen molar-refractivity contribution in [2.45, 2.75) is 13.5 Å². The molecule has 3 rings (SSSR count). The number of thiophene rings is 1. The molecule has 0 unspecified atom stereocenters. The predicted molar refractivity (Wildman–Crippen MR) is 75.3 cm³/mol. The van der Waals surface area contributed by atoms with Crippen molar-refractivity contribution in [1.29, 1.82) is 0 Å². The molecule has 3 aromatic rings. The summed E-state index contributed by atoms with van der Waals surface area (Å²) in [4.78, 5) is 1.05. The lowest BCUT2D eigenvalue weighted by molar-refractivity contribution is 0.277. The highest BCUT2D eigenvalue weighted by atomic mass is 32.1. The van der Waals surface area contributed by atoms with E-state index in [9.17, 15) is 5.11 Å². The Kier molecular flexibility index (Phi) is 3.15. The Morgan fingerprint density at radius 3 is 2.74 bits per heavy atom. The molecule has 5 heteroatoms. The molecule has 0 fully saturated rings. The van der Waals surface area contributed by atoms with Gasteiger partial charge in [0.05, 0.1) is 17.2 Å². The number of aliphatic hydroxyl groups excluding tert-OH is 1. The second-order valence-electron chi connectivity index (χ2n) is 4.22. The van der Waals surface area contributed by atoms with Gasteiger partial charge in [-0.1, -0.05) is 29.5 Å². The van der Waals surface area contributed by atoms with Gasteiger partial charge in [0.1, 0.15) is 11.4 Å². The third-order valence-corrected chi connectivity index (χ3v) is 3.86. The lowest BCUT2D eigenvalue weighted by atomic mass is 10.2. The Balaban J connectivity index is 2.23. The molecule has 0 spiro atoms. The van der Waals surface area contributed by atoms with E-state index < -0.39 is 0 Å². The highest BCUT2D eigenvalue weighted by molar-refractivity contribution is 7.13. The maximum absolute atomic E-state index is 9.44. The van der Waals surface area contributed by atoms with E-state index in [0.717, 1.165) is 21.8 Å². The molecule has 96 valence electrons. The van der Waals surface area contributed by atoms with Crippen LogP contribution in [0.2, 0.25) is 0 Å². The summed E-state index contributed by atoms with van der Waals surface area (Å²) < 4.78 is 1.80. The standard InChI is InChI=1S/C14H13N3OS/c1-10-5-2-3-6-12(10)17-14(11(9-18)15-16-17)13-7-4-8-19-13/h2-8,18H,9H2,1H3. The fourth-order valence-corrected chi connectivity index (χ4v) is 2.83. The average Bonchev–Trinajstić information content (AvgIpc) is 3.07. The fraction of sp³-hybridized carbons (Fsp3) is 0.143. The average molecular weight is 271 g/mol. The Labute approximate surface area is 115 Å². The molecule has 2 aromatic heterocycles. The molecule has 1 aromatic carbocycles. The van der Waals surface area contributed by atoms with Crippen molar-refractivity contribution in [2.24, 2.45) is 0 Å². The molecule has 0 saturated heterocycles. The third-order valence-electron chi connectivity index (χ3n) is 2.99. The molecule has 19 heavy (non-hydrogen) atoms. The second-order valence-corrected chi connectivity index (χ2v) is 5.17. The van der Waals surface area contributed by atoms with Crippen molar-refractivity contribution in [1.82, 2.24) is 15.0 Å². The molecule has 0 atom stereocenters. The van der Waals surface area contributed by atoms with Crippen LogP contribution in [0.4, 0.5) is 0 Å². The first-order chi connectivity index (χ1) is 9.31. The van der Waals surface area contributed by atoms with Crippen LogP contribution in [-0.2, 0) is 6.61 Å². The summed E-state index contributed by atoms with van der Waals surface area (Å²) in [6.07, 6.45) is 0. The first-order valence-corrected chi connectivity index (χ1v) is 6.84. The van der Waals surface area contributed by atoms with Crippen LogP contribution in [0, 0.1) is 6.92 Å². The molecule has 0 amide bonds. The number of rotatable bonds is 3. The Hall–Kier alpha value is -1.98. The van der Waals surface area contributed by atoms with Crippen LogP contribution in [-0.4, -0.2) is 20.1 Å². The molecule has 0 aliphatic carbocycles. The molecule has 0 radical (unpaired) electrons. The van der Waals surface area contributed by atoms with Gasteiger partial charge in [-0.05, 0) is 30.0 Å². The van der Waals surface area contributed by atoms with E-state index in [0.29, 0.717) is 5.69 Å². The van der Waals surface area contributed by atoms with Gasteiger partial charge in [-0.15, -0.1) is 16.4 Å². The maximum Gasteiger partial charge on any atom is 0.117 e. The normalized spacial score (nSPS) is 10.8. The first-order valence-electron chi connectivity index (χ1n) is 5.96. The van der Waals surface area contributed by atoms with Gasteiger partial charge in [0.15, 0.2) is 0 Å². The summed E-state index contributed by atoms with van der Waals surface area (Å²) >= 11 is 1.61. The quantitative estimate of drug-likeness (QED) is 0.797. The van der Waals surface area contributed by atoms with E-state index in [2.05, 4.69) is 10.3 Å². The molecule has 2 heterocycles. The minimum atomic E-state index is -0.112. The number of hydrogen-bond donors (Lipinski definition) is 1. The van der Waals surface area contributed by atoms with E-state index in [-0.39, 0.29) is 6.61 Å². The Morgan fingerprint density at radius 2 is 2.05 bits per heavy atom. The molecule has 0 aliphatic heterocycles. The van der Waals surface area contributed by atoms with Gasteiger partial charge in [-0.3, -0.25) is 0 Å². The third kappa shape index (κ3) is 2.07. The topological polar surface area (TPSA) is 50.9 Å². The largest absolute Gasteiger partial charge is 0.390 e. The highest BCUT2D eigenvalue weighted by Gasteiger charge is 2.17. The smallest absolute Gasteiger partial charge is 0.117 e. The molecule has 0 saturated carbocycles. The van der Waals surface area contributed by atoms with Crippen molar-refractivity contribution in [3.8, 4) is 16.3 Å². The summed E-state index contributed by atoms with van der Waals surface area (Å²) in [6.45, 7) is 1.92. The number of aliphatic hydroxyl groups is 1. The molecular weight excluding hydrogens is 258 g/mol. The Bertz CT molecular complexity index is 689. The second kappa shape index (κ2) is 4.95. The van der Waals surface area contributed by atoms with Crippen molar-refractivity contribution in [3.63, 3.8) is 0 Å². The van der Waals surface area contributed by atoms with Gasteiger partial charge in [-0.25, -0.2) is 4.68 Å². The highest BCUT2D eigenvalue weighted by Crippen LogP contribution is 2.29. The van der Waals surface area contributed by atoms with Gasteiger partial charge < -0.3 is 5.11 Å². The minimum Gasteiger partial charge on any atom is -0.390 e. The van der Waals surface area contributed by atoms with Crippen LogP contribution in [0.5, 0.6) is 0 Å².